The van der Waals surface area contributed by atoms with Crippen molar-refractivity contribution in [1.82, 2.24) is 15.5 Å². The Labute approximate surface area is 150 Å². The quantitative estimate of drug-likeness (QED) is 0.700. The Hall–Kier alpha value is -2.86. The molecule has 128 valence electrons. The highest BCUT2D eigenvalue weighted by Crippen LogP contribution is 2.25. The highest BCUT2D eigenvalue weighted by atomic mass is 35.5. The molecule has 0 fully saturated rings. The number of benzene rings is 2. The zero-order valence-electron chi connectivity index (χ0n) is 13.6. The molecule has 2 aromatic carbocycles. The molecule has 0 aliphatic carbocycles. The summed E-state index contributed by atoms with van der Waals surface area (Å²) in [5.74, 6) is 0.855. The van der Waals surface area contributed by atoms with Crippen LogP contribution in [0.1, 0.15) is 13.3 Å². The number of amides is 2. The van der Waals surface area contributed by atoms with Crippen molar-refractivity contribution in [3.05, 3.63) is 53.6 Å². The molecule has 3 rings (SSSR count). The van der Waals surface area contributed by atoms with Crippen LogP contribution in [0, 0.1) is 0 Å². The highest BCUT2D eigenvalue weighted by Gasteiger charge is 2.11. The van der Waals surface area contributed by atoms with E-state index < -0.39 is 0 Å². The number of hydrogen-bond acceptors (Lipinski definition) is 4. The first kappa shape index (κ1) is 17.0. The Morgan fingerprint density at radius 2 is 1.96 bits per heavy atom. The van der Waals surface area contributed by atoms with Gasteiger partial charge in [-0.1, -0.05) is 35.8 Å². The van der Waals surface area contributed by atoms with Crippen molar-refractivity contribution in [1.29, 1.82) is 0 Å². The van der Waals surface area contributed by atoms with Crippen LogP contribution >= 0.6 is 11.6 Å². The third-order valence-electron chi connectivity index (χ3n) is 3.43. The number of carbonyl (C=O) groups is 1. The molecule has 0 atom stereocenters. The second kappa shape index (κ2) is 7.81. The van der Waals surface area contributed by atoms with Crippen LogP contribution in [0.5, 0.6) is 0 Å². The van der Waals surface area contributed by atoms with Crippen molar-refractivity contribution in [2.75, 3.05) is 11.9 Å². The maximum absolute atomic E-state index is 11.8. The third kappa shape index (κ3) is 4.36. The monoisotopic (exact) mass is 356 g/mol. The average molecular weight is 357 g/mol. The highest BCUT2D eigenvalue weighted by molar-refractivity contribution is 6.30. The first-order valence-electron chi connectivity index (χ1n) is 7.90. The predicted octanol–water partition coefficient (Wildman–Crippen LogP) is 4.59. The first-order valence-corrected chi connectivity index (χ1v) is 8.28. The molecule has 1 aromatic heterocycles. The SMILES string of the molecule is CCCNC(=O)Nc1cccc(-c2noc(-c3ccc(Cl)cc3)n2)c1. The van der Waals surface area contributed by atoms with Gasteiger partial charge in [-0.3, -0.25) is 0 Å². The van der Waals surface area contributed by atoms with Crippen LogP contribution in [0.3, 0.4) is 0 Å². The summed E-state index contributed by atoms with van der Waals surface area (Å²) in [5.41, 5.74) is 2.19. The number of nitrogens with one attached hydrogen (secondary N) is 2. The average Bonchev–Trinajstić information content (AvgIpc) is 3.11. The maximum Gasteiger partial charge on any atom is 0.319 e. The predicted molar refractivity (Wildman–Crippen MR) is 97.5 cm³/mol. The fraction of sp³-hybridized carbons (Fsp3) is 0.167. The molecule has 0 aliphatic heterocycles. The largest absolute Gasteiger partial charge is 0.338 e. The van der Waals surface area contributed by atoms with Crippen LogP contribution in [0.4, 0.5) is 10.5 Å². The van der Waals surface area contributed by atoms with E-state index in [2.05, 4.69) is 20.8 Å². The molecule has 1 heterocycles. The number of aromatic nitrogens is 2. The van der Waals surface area contributed by atoms with E-state index in [0.717, 1.165) is 17.5 Å². The summed E-state index contributed by atoms with van der Waals surface area (Å²) in [6, 6.07) is 14.2. The zero-order valence-corrected chi connectivity index (χ0v) is 14.4. The molecule has 25 heavy (non-hydrogen) atoms. The molecule has 0 saturated heterocycles. The summed E-state index contributed by atoms with van der Waals surface area (Å²) in [6.45, 7) is 2.62. The van der Waals surface area contributed by atoms with E-state index in [0.29, 0.717) is 29.0 Å². The van der Waals surface area contributed by atoms with Gasteiger partial charge in [-0.2, -0.15) is 4.98 Å². The van der Waals surface area contributed by atoms with E-state index in [1.165, 1.54) is 0 Å². The van der Waals surface area contributed by atoms with Crippen LogP contribution in [-0.4, -0.2) is 22.7 Å². The van der Waals surface area contributed by atoms with Crippen LogP contribution < -0.4 is 10.6 Å². The lowest BCUT2D eigenvalue weighted by molar-refractivity contribution is 0.252. The molecule has 0 spiro atoms. The Bertz CT molecular complexity index is 862. The minimum absolute atomic E-state index is 0.242. The van der Waals surface area contributed by atoms with Crippen molar-refractivity contribution < 1.29 is 9.32 Å². The molecular formula is C18H17ClN4O2. The van der Waals surface area contributed by atoms with E-state index in [1.54, 1.807) is 24.3 Å². The Morgan fingerprint density at radius 3 is 2.72 bits per heavy atom. The van der Waals surface area contributed by atoms with Crippen LogP contribution in [-0.2, 0) is 0 Å². The van der Waals surface area contributed by atoms with Gasteiger partial charge < -0.3 is 15.2 Å². The summed E-state index contributed by atoms with van der Waals surface area (Å²) in [7, 11) is 0. The van der Waals surface area contributed by atoms with Gasteiger partial charge in [-0.05, 0) is 42.8 Å². The summed E-state index contributed by atoms with van der Waals surface area (Å²) in [6.07, 6.45) is 0.879. The van der Waals surface area contributed by atoms with Crippen LogP contribution in [0.2, 0.25) is 5.02 Å². The van der Waals surface area contributed by atoms with Gasteiger partial charge >= 0.3 is 6.03 Å². The van der Waals surface area contributed by atoms with Crippen molar-refractivity contribution in [3.63, 3.8) is 0 Å². The lowest BCUT2D eigenvalue weighted by Crippen LogP contribution is -2.29. The van der Waals surface area contributed by atoms with Gasteiger partial charge in [0.05, 0.1) is 0 Å². The zero-order chi connectivity index (χ0) is 17.6. The first-order chi connectivity index (χ1) is 12.2. The lowest BCUT2D eigenvalue weighted by atomic mass is 10.2. The molecule has 7 heteroatoms. The van der Waals surface area contributed by atoms with Gasteiger partial charge in [0.1, 0.15) is 0 Å². The van der Waals surface area contributed by atoms with Gasteiger partial charge in [0.2, 0.25) is 5.82 Å². The van der Waals surface area contributed by atoms with E-state index in [9.17, 15) is 4.79 Å². The molecule has 0 aliphatic rings. The number of hydrogen-bond donors (Lipinski definition) is 2. The summed E-state index contributed by atoms with van der Waals surface area (Å²) < 4.78 is 5.32. The maximum atomic E-state index is 11.8. The smallest absolute Gasteiger partial charge is 0.319 e. The molecule has 2 N–H and O–H groups in total. The molecule has 0 saturated carbocycles. The topological polar surface area (TPSA) is 80.0 Å². The van der Waals surface area contributed by atoms with Crippen LogP contribution in [0.15, 0.2) is 53.1 Å². The molecule has 3 aromatic rings. The van der Waals surface area contributed by atoms with E-state index in [1.807, 2.05) is 31.2 Å². The molecule has 2 amide bonds. The third-order valence-corrected chi connectivity index (χ3v) is 3.68. The Kier molecular flexibility index (Phi) is 5.30. The second-order valence-corrected chi connectivity index (χ2v) is 5.83. The Morgan fingerprint density at radius 1 is 1.16 bits per heavy atom. The lowest BCUT2D eigenvalue weighted by Gasteiger charge is -2.07. The molecule has 0 radical (unpaired) electrons. The number of urea groups is 1. The summed E-state index contributed by atoms with van der Waals surface area (Å²) in [4.78, 5) is 16.2. The number of carbonyl (C=O) groups excluding carboxylic acids is 1. The molecule has 0 unspecified atom stereocenters. The number of halogens is 1. The minimum Gasteiger partial charge on any atom is -0.338 e. The fourth-order valence-electron chi connectivity index (χ4n) is 2.20. The van der Waals surface area contributed by atoms with E-state index >= 15 is 0 Å². The summed E-state index contributed by atoms with van der Waals surface area (Å²) in [5, 5.41) is 10.2. The van der Waals surface area contributed by atoms with Crippen molar-refractivity contribution >= 4 is 23.3 Å². The van der Waals surface area contributed by atoms with E-state index in [-0.39, 0.29) is 6.03 Å². The van der Waals surface area contributed by atoms with Crippen molar-refractivity contribution in [2.45, 2.75) is 13.3 Å². The standard InChI is InChI=1S/C18H17ClN4O2/c1-2-10-20-18(24)21-15-5-3-4-13(11-15)16-22-17(25-23-16)12-6-8-14(19)9-7-12/h3-9,11H,2,10H2,1H3,(H2,20,21,24). The number of rotatable bonds is 5. The van der Waals surface area contributed by atoms with Gasteiger partial charge in [0.25, 0.3) is 5.89 Å². The van der Waals surface area contributed by atoms with Gasteiger partial charge in [0, 0.05) is 28.4 Å². The van der Waals surface area contributed by atoms with Crippen LogP contribution in [0.25, 0.3) is 22.8 Å². The number of anilines is 1. The minimum atomic E-state index is -0.242. The fourth-order valence-corrected chi connectivity index (χ4v) is 2.33. The molecule has 0 bridgehead atoms. The molecular weight excluding hydrogens is 340 g/mol. The van der Waals surface area contributed by atoms with Gasteiger partial charge in [-0.15, -0.1) is 0 Å². The van der Waals surface area contributed by atoms with E-state index in [4.69, 9.17) is 16.1 Å². The number of nitrogens with zero attached hydrogens (tertiary/aromatic N) is 2. The van der Waals surface area contributed by atoms with Crippen molar-refractivity contribution in [2.24, 2.45) is 0 Å². The summed E-state index contributed by atoms with van der Waals surface area (Å²) >= 11 is 5.88. The molecule has 6 nitrogen and oxygen atoms in total. The van der Waals surface area contributed by atoms with Gasteiger partial charge in [0.15, 0.2) is 0 Å². The van der Waals surface area contributed by atoms with Crippen molar-refractivity contribution in [3.8, 4) is 22.8 Å². The second-order valence-electron chi connectivity index (χ2n) is 5.39. The Balaban J connectivity index is 1.77. The normalized spacial score (nSPS) is 10.5. The van der Waals surface area contributed by atoms with Gasteiger partial charge in [-0.25, -0.2) is 4.79 Å².